The van der Waals surface area contributed by atoms with Crippen molar-refractivity contribution in [2.45, 2.75) is 31.9 Å². The van der Waals surface area contributed by atoms with E-state index in [-0.39, 0.29) is 5.56 Å². The second kappa shape index (κ2) is 5.77. The largest absolute Gasteiger partial charge is 0.268 e. The molecule has 1 N–H and O–H groups in total. The number of nitrogens with one attached hydrogen (secondary N) is 1. The first kappa shape index (κ1) is 13.6. The molecule has 17 heavy (non-hydrogen) atoms. The highest BCUT2D eigenvalue weighted by Gasteiger charge is 2.22. The third-order valence-electron chi connectivity index (χ3n) is 2.38. The highest BCUT2D eigenvalue weighted by Crippen LogP contribution is 2.07. The van der Waals surface area contributed by atoms with Crippen LogP contribution in [0, 0.1) is 0 Å². The number of carbonyl (C=O) groups excluding carboxylic acids is 1. The lowest BCUT2D eigenvalue weighted by Gasteiger charge is -2.12. The number of hydrogen-bond acceptors (Lipinski definition) is 4. The Morgan fingerprint density at radius 3 is 2.76 bits per heavy atom. The van der Waals surface area contributed by atoms with Crippen LogP contribution >= 0.6 is 0 Å². The first-order chi connectivity index (χ1) is 7.97. The minimum absolute atomic E-state index is 0.236. The molecule has 0 saturated carbocycles. The summed E-state index contributed by atoms with van der Waals surface area (Å²) in [6.45, 7) is 3.48. The second-order valence-electron chi connectivity index (χ2n) is 3.82. The molecule has 0 saturated heterocycles. The number of amides is 1. The van der Waals surface area contributed by atoms with Crippen molar-refractivity contribution in [2.75, 3.05) is 0 Å². The predicted octanol–water partition coefficient (Wildman–Crippen LogP) is 1.33. The van der Waals surface area contributed by atoms with Gasteiger partial charge in [0, 0.05) is 12.4 Å². The average Bonchev–Trinajstić information content (AvgIpc) is 2.30. The van der Waals surface area contributed by atoms with Gasteiger partial charge in [-0.25, -0.2) is 13.1 Å². The molecule has 0 aliphatic heterocycles. The SMILES string of the molecule is CCC[C@@H](C)S(=O)(=O)NC(=O)c1cccnc1. The molecule has 0 spiro atoms. The lowest BCUT2D eigenvalue weighted by molar-refractivity contribution is 0.0980. The highest BCUT2D eigenvalue weighted by atomic mass is 32.2. The van der Waals surface area contributed by atoms with Gasteiger partial charge in [-0.2, -0.15) is 0 Å². The maximum atomic E-state index is 11.8. The van der Waals surface area contributed by atoms with Gasteiger partial charge in [-0.3, -0.25) is 9.78 Å². The van der Waals surface area contributed by atoms with E-state index in [1.54, 1.807) is 13.0 Å². The standard InChI is InChI=1S/C11H16N2O3S/c1-3-5-9(2)17(15,16)13-11(14)10-6-4-7-12-8-10/h4,6-9H,3,5H2,1-2H3,(H,13,14)/t9-/m1/s1. The maximum absolute atomic E-state index is 11.8. The Labute approximate surface area is 101 Å². The Morgan fingerprint density at radius 1 is 1.53 bits per heavy atom. The fourth-order valence-electron chi connectivity index (χ4n) is 1.35. The van der Waals surface area contributed by atoms with Crippen molar-refractivity contribution in [3.05, 3.63) is 30.1 Å². The normalized spacial score (nSPS) is 13.1. The number of hydrogen-bond donors (Lipinski definition) is 1. The van der Waals surface area contributed by atoms with Crippen molar-refractivity contribution in [1.82, 2.24) is 9.71 Å². The van der Waals surface area contributed by atoms with Crippen molar-refractivity contribution in [1.29, 1.82) is 0 Å². The van der Waals surface area contributed by atoms with Crippen molar-refractivity contribution in [3.63, 3.8) is 0 Å². The summed E-state index contributed by atoms with van der Waals surface area (Å²) < 4.78 is 25.6. The molecule has 1 rings (SSSR count). The summed E-state index contributed by atoms with van der Waals surface area (Å²) in [5.41, 5.74) is 0.236. The van der Waals surface area contributed by atoms with Crippen LogP contribution in [0.2, 0.25) is 0 Å². The van der Waals surface area contributed by atoms with Crippen LogP contribution in [0.1, 0.15) is 37.0 Å². The van der Waals surface area contributed by atoms with Gasteiger partial charge in [0.05, 0.1) is 10.8 Å². The van der Waals surface area contributed by atoms with E-state index < -0.39 is 21.2 Å². The second-order valence-corrected chi connectivity index (χ2v) is 5.92. The van der Waals surface area contributed by atoms with Crippen LogP contribution in [0.25, 0.3) is 0 Å². The molecule has 0 fully saturated rings. The number of pyridine rings is 1. The molecule has 1 heterocycles. The molecule has 1 amide bonds. The minimum Gasteiger partial charge on any atom is -0.268 e. The number of carbonyl (C=O) groups is 1. The van der Waals surface area contributed by atoms with E-state index in [9.17, 15) is 13.2 Å². The molecule has 0 aliphatic carbocycles. The van der Waals surface area contributed by atoms with Crippen LogP contribution in [-0.2, 0) is 10.0 Å². The molecule has 0 bridgehead atoms. The molecule has 1 aromatic rings. The lowest BCUT2D eigenvalue weighted by atomic mass is 10.3. The summed E-state index contributed by atoms with van der Waals surface area (Å²) >= 11 is 0. The fraction of sp³-hybridized carbons (Fsp3) is 0.455. The quantitative estimate of drug-likeness (QED) is 0.862. The Bertz CT molecular complexity index is 471. The summed E-state index contributed by atoms with van der Waals surface area (Å²) in [4.78, 5) is 15.4. The zero-order chi connectivity index (χ0) is 12.9. The molecular weight excluding hydrogens is 240 g/mol. The highest BCUT2D eigenvalue weighted by molar-refractivity contribution is 7.90. The molecule has 6 heteroatoms. The average molecular weight is 256 g/mol. The van der Waals surface area contributed by atoms with Crippen molar-refractivity contribution >= 4 is 15.9 Å². The smallest absolute Gasteiger partial charge is 0.266 e. The molecule has 0 unspecified atom stereocenters. The van der Waals surface area contributed by atoms with Crippen LogP contribution in [-0.4, -0.2) is 24.6 Å². The van der Waals surface area contributed by atoms with Crippen LogP contribution in [0.15, 0.2) is 24.5 Å². The molecule has 1 aromatic heterocycles. The van der Waals surface area contributed by atoms with Crippen molar-refractivity contribution in [3.8, 4) is 0 Å². The summed E-state index contributed by atoms with van der Waals surface area (Å²) in [7, 11) is -3.60. The molecule has 0 radical (unpaired) electrons. The summed E-state index contributed by atoms with van der Waals surface area (Å²) in [5, 5.41) is -0.576. The van der Waals surface area contributed by atoms with Gasteiger partial charge in [-0.05, 0) is 25.5 Å². The molecule has 5 nitrogen and oxygen atoms in total. The van der Waals surface area contributed by atoms with Gasteiger partial charge in [0.15, 0.2) is 0 Å². The third kappa shape index (κ3) is 3.81. The first-order valence-electron chi connectivity index (χ1n) is 5.43. The first-order valence-corrected chi connectivity index (χ1v) is 6.98. The molecule has 94 valence electrons. The Hall–Kier alpha value is -1.43. The molecular formula is C11H16N2O3S. The predicted molar refractivity (Wildman–Crippen MR) is 65.0 cm³/mol. The minimum atomic E-state index is -3.60. The zero-order valence-corrected chi connectivity index (χ0v) is 10.7. The number of nitrogens with zero attached hydrogens (tertiary/aromatic N) is 1. The van der Waals surface area contributed by atoms with Gasteiger partial charge < -0.3 is 0 Å². The summed E-state index contributed by atoms with van der Waals surface area (Å²) in [6, 6.07) is 3.10. The maximum Gasteiger partial charge on any atom is 0.266 e. The van der Waals surface area contributed by atoms with Gasteiger partial charge in [0.25, 0.3) is 5.91 Å². The number of sulfonamides is 1. The van der Waals surface area contributed by atoms with Crippen molar-refractivity contribution < 1.29 is 13.2 Å². The Kier molecular flexibility index (Phi) is 4.62. The van der Waals surface area contributed by atoms with Gasteiger partial charge in [0.1, 0.15) is 0 Å². The monoisotopic (exact) mass is 256 g/mol. The fourth-order valence-corrected chi connectivity index (χ4v) is 2.47. The van der Waals surface area contributed by atoms with Crippen molar-refractivity contribution in [2.24, 2.45) is 0 Å². The summed E-state index contributed by atoms with van der Waals surface area (Å²) in [6.07, 6.45) is 4.12. The number of aromatic nitrogens is 1. The lowest BCUT2D eigenvalue weighted by Crippen LogP contribution is -2.37. The zero-order valence-electron chi connectivity index (χ0n) is 9.88. The van der Waals surface area contributed by atoms with E-state index in [2.05, 4.69) is 9.71 Å². The molecule has 0 aliphatic rings. The van der Waals surface area contributed by atoms with E-state index in [1.165, 1.54) is 18.5 Å². The number of rotatable bonds is 5. The van der Waals surface area contributed by atoms with Gasteiger partial charge in [0.2, 0.25) is 10.0 Å². The van der Waals surface area contributed by atoms with Crippen LogP contribution < -0.4 is 4.72 Å². The molecule has 1 atom stereocenters. The van der Waals surface area contributed by atoms with E-state index in [0.717, 1.165) is 6.42 Å². The van der Waals surface area contributed by atoms with Crippen LogP contribution in [0.3, 0.4) is 0 Å². The topological polar surface area (TPSA) is 76.1 Å². The Balaban J connectivity index is 2.75. The van der Waals surface area contributed by atoms with E-state index >= 15 is 0 Å². The van der Waals surface area contributed by atoms with Gasteiger partial charge >= 0.3 is 0 Å². The van der Waals surface area contributed by atoms with Crippen LogP contribution in [0.4, 0.5) is 0 Å². The van der Waals surface area contributed by atoms with E-state index in [4.69, 9.17) is 0 Å². The van der Waals surface area contributed by atoms with Crippen LogP contribution in [0.5, 0.6) is 0 Å². The molecule has 0 aromatic carbocycles. The van der Waals surface area contributed by atoms with E-state index in [0.29, 0.717) is 6.42 Å². The third-order valence-corrected chi connectivity index (χ3v) is 4.15. The van der Waals surface area contributed by atoms with E-state index in [1.807, 2.05) is 6.92 Å². The Morgan fingerprint density at radius 2 is 2.24 bits per heavy atom. The summed E-state index contributed by atoms with van der Waals surface area (Å²) in [5.74, 6) is -0.638. The van der Waals surface area contributed by atoms with Gasteiger partial charge in [-0.15, -0.1) is 0 Å². The van der Waals surface area contributed by atoms with Gasteiger partial charge in [-0.1, -0.05) is 13.3 Å².